The van der Waals surface area contributed by atoms with Crippen molar-refractivity contribution in [3.05, 3.63) is 53.4 Å². The van der Waals surface area contributed by atoms with E-state index in [-0.39, 0.29) is 0 Å². The number of aromatic carboxylic acids is 1. The molecule has 3 aromatic rings. The third-order valence-electron chi connectivity index (χ3n) is 3.16. The molecule has 2 aromatic carbocycles. The lowest BCUT2D eigenvalue weighted by molar-refractivity contribution is 0.0702. The first kappa shape index (κ1) is 12.7. The lowest BCUT2D eigenvalue weighted by Crippen LogP contribution is -1.89. The van der Waals surface area contributed by atoms with Gasteiger partial charge in [-0.15, -0.1) is 11.3 Å². The zero-order valence-corrected chi connectivity index (χ0v) is 11.6. The number of carbonyl (C=O) groups is 1. The summed E-state index contributed by atoms with van der Waals surface area (Å²) in [4.78, 5) is 11.5. The van der Waals surface area contributed by atoms with E-state index >= 15 is 0 Å². The second-order valence-electron chi connectivity index (χ2n) is 4.34. The first-order valence-electron chi connectivity index (χ1n) is 6.10. The molecular formula is C16H12O3S. The number of carboxylic acid groups (broad SMARTS) is 1. The van der Waals surface area contributed by atoms with Crippen LogP contribution in [-0.4, -0.2) is 18.2 Å². The van der Waals surface area contributed by atoms with Crippen molar-refractivity contribution < 1.29 is 14.6 Å². The van der Waals surface area contributed by atoms with Crippen LogP contribution in [0.4, 0.5) is 0 Å². The van der Waals surface area contributed by atoms with E-state index in [4.69, 9.17) is 4.74 Å². The Morgan fingerprint density at radius 3 is 2.55 bits per heavy atom. The van der Waals surface area contributed by atoms with E-state index in [1.165, 1.54) is 11.3 Å². The van der Waals surface area contributed by atoms with Crippen LogP contribution in [0.3, 0.4) is 0 Å². The second-order valence-corrected chi connectivity index (χ2v) is 5.39. The molecule has 0 saturated heterocycles. The van der Waals surface area contributed by atoms with Gasteiger partial charge in [0.2, 0.25) is 0 Å². The van der Waals surface area contributed by atoms with E-state index < -0.39 is 5.97 Å². The highest BCUT2D eigenvalue weighted by molar-refractivity contribution is 7.21. The molecule has 0 amide bonds. The summed E-state index contributed by atoms with van der Waals surface area (Å²) in [5.41, 5.74) is 2.10. The summed E-state index contributed by atoms with van der Waals surface area (Å²) in [6, 6.07) is 15.5. The van der Waals surface area contributed by atoms with Gasteiger partial charge in [-0.1, -0.05) is 30.3 Å². The predicted molar refractivity (Wildman–Crippen MR) is 80.8 cm³/mol. The highest BCUT2D eigenvalue weighted by atomic mass is 32.1. The second kappa shape index (κ2) is 4.98. The molecule has 0 fully saturated rings. The maximum absolute atomic E-state index is 11.2. The van der Waals surface area contributed by atoms with Gasteiger partial charge >= 0.3 is 5.97 Å². The number of methoxy groups -OCH3 is 1. The molecule has 1 aromatic heterocycles. The number of hydrogen-bond acceptors (Lipinski definition) is 3. The van der Waals surface area contributed by atoms with Crippen LogP contribution in [0.1, 0.15) is 9.67 Å². The fourth-order valence-corrected chi connectivity index (χ4v) is 3.28. The number of benzene rings is 2. The first-order valence-corrected chi connectivity index (χ1v) is 6.91. The quantitative estimate of drug-likeness (QED) is 0.781. The van der Waals surface area contributed by atoms with E-state index in [0.717, 1.165) is 21.2 Å². The Balaban J connectivity index is 2.31. The predicted octanol–water partition coefficient (Wildman–Crippen LogP) is 4.28. The van der Waals surface area contributed by atoms with Crippen molar-refractivity contribution in [3.8, 4) is 16.9 Å². The Hall–Kier alpha value is -2.33. The molecule has 0 unspecified atom stereocenters. The van der Waals surface area contributed by atoms with E-state index in [1.807, 2.05) is 42.5 Å². The standard InChI is InChI=1S/C16H12O3S/c1-19-13-8-7-11(10-5-3-2-4-6-10)15-12(13)9-14(20-15)16(17)18/h2-9H,1H3,(H,17,18). The minimum Gasteiger partial charge on any atom is -0.496 e. The Morgan fingerprint density at radius 2 is 1.90 bits per heavy atom. The molecule has 0 saturated carbocycles. The Bertz CT molecular complexity index is 775. The number of carboxylic acids is 1. The van der Waals surface area contributed by atoms with Gasteiger partial charge in [-0.05, 0) is 29.3 Å². The van der Waals surface area contributed by atoms with Gasteiger partial charge in [0.25, 0.3) is 0 Å². The van der Waals surface area contributed by atoms with Crippen LogP contribution >= 0.6 is 11.3 Å². The van der Waals surface area contributed by atoms with Gasteiger partial charge in [-0.3, -0.25) is 0 Å². The summed E-state index contributed by atoms with van der Waals surface area (Å²) in [7, 11) is 1.59. The lowest BCUT2D eigenvalue weighted by Gasteiger charge is -2.06. The smallest absolute Gasteiger partial charge is 0.345 e. The van der Waals surface area contributed by atoms with Gasteiger partial charge in [0.1, 0.15) is 10.6 Å². The number of hydrogen-bond donors (Lipinski definition) is 1. The SMILES string of the molecule is COc1ccc(-c2ccccc2)c2sc(C(=O)O)cc12. The Kier molecular flexibility index (Phi) is 3.16. The molecule has 0 atom stereocenters. The number of thiophene rings is 1. The molecule has 0 spiro atoms. The molecule has 3 nitrogen and oxygen atoms in total. The molecule has 0 aliphatic heterocycles. The molecule has 0 bridgehead atoms. The van der Waals surface area contributed by atoms with Crippen molar-refractivity contribution in [2.24, 2.45) is 0 Å². The van der Waals surface area contributed by atoms with Crippen molar-refractivity contribution in [1.82, 2.24) is 0 Å². The average Bonchev–Trinajstić information content (AvgIpc) is 2.92. The van der Waals surface area contributed by atoms with Gasteiger partial charge < -0.3 is 9.84 Å². The summed E-state index contributed by atoms with van der Waals surface area (Å²) in [6.45, 7) is 0. The number of fused-ring (bicyclic) bond motifs is 1. The highest BCUT2D eigenvalue weighted by Crippen LogP contribution is 2.39. The van der Waals surface area contributed by atoms with E-state index in [2.05, 4.69) is 0 Å². The summed E-state index contributed by atoms with van der Waals surface area (Å²) in [5, 5.41) is 10.0. The maximum atomic E-state index is 11.2. The first-order chi connectivity index (χ1) is 9.70. The average molecular weight is 284 g/mol. The Labute approximate surface area is 120 Å². The summed E-state index contributed by atoms with van der Waals surface area (Å²) >= 11 is 1.28. The van der Waals surface area contributed by atoms with Crippen molar-refractivity contribution in [2.75, 3.05) is 7.11 Å². The lowest BCUT2D eigenvalue weighted by atomic mass is 10.0. The molecular weight excluding hydrogens is 272 g/mol. The summed E-state index contributed by atoms with van der Waals surface area (Å²) in [6.07, 6.45) is 0. The van der Waals surface area contributed by atoms with Crippen LogP contribution in [0.25, 0.3) is 21.2 Å². The fraction of sp³-hybridized carbons (Fsp3) is 0.0625. The zero-order valence-electron chi connectivity index (χ0n) is 10.8. The van der Waals surface area contributed by atoms with Crippen molar-refractivity contribution in [1.29, 1.82) is 0 Å². The molecule has 100 valence electrons. The largest absolute Gasteiger partial charge is 0.496 e. The number of ether oxygens (including phenoxy) is 1. The monoisotopic (exact) mass is 284 g/mol. The van der Waals surface area contributed by atoms with E-state index in [1.54, 1.807) is 13.2 Å². The summed E-state index contributed by atoms with van der Waals surface area (Å²) < 4.78 is 6.26. The van der Waals surface area contributed by atoms with Crippen LogP contribution < -0.4 is 4.74 Å². The van der Waals surface area contributed by atoms with Gasteiger partial charge in [-0.25, -0.2) is 4.79 Å². The molecule has 20 heavy (non-hydrogen) atoms. The van der Waals surface area contributed by atoms with Crippen LogP contribution in [0.5, 0.6) is 5.75 Å². The topological polar surface area (TPSA) is 46.5 Å². The molecule has 0 aliphatic rings. The zero-order chi connectivity index (χ0) is 14.1. The fourth-order valence-electron chi connectivity index (χ4n) is 2.23. The third-order valence-corrected chi connectivity index (χ3v) is 4.32. The van der Waals surface area contributed by atoms with Gasteiger partial charge in [0, 0.05) is 10.1 Å². The van der Waals surface area contributed by atoms with Crippen molar-refractivity contribution >= 4 is 27.4 Å². The molecule has 1 N–H and O–H groups in total. The molecule has 1 heterocycles. The van der Waals surface area contributed by atoms with Gasteiger partial charge in [-0.2, -0.15) is 0 Å². The molecule has 3 rings (SSSR count). The minimum absolute atomic E-state index is 0.321. The van der Waals surface area contributed by atoms with E-state index in [0.29, 0.717) is 10.6 Å². The minimum atomic E-state index is -0.910. The molecule has 0 radical (unpaired) electrons. The molecule has 0 aliphatic carbocycles. The maximum Gasteiger partial charge on any atom is 0.345 e. The third kappa shape index (κ3) is 2.04. The highest BCUT2D eigenvalue weighted by Gasteiger charge is 2.15. The summed E-state index contributed by atoms with van der Waals surface area (Å²) in [5.74, 6) is -0.212. The molecule has 4 heteroatoms. The Morgan fingerprint density at radius 1 is 1.15 bits per heavy atom. The normalized spacial score (nSPS) is 10.7. The van der Waals surface area contributed by atoms with Crippen LogP contribution in [0.2, 0.25) is 0 Å². The van der Waals surface area contributed by atoms with Crippen LogP contribution in [0, 0.1) is 0 Å². The van der Waals surface area contributed by atoms with Gasteiger partial charge in [0.15, 0.2) is 0 Å². The van der Waals surface area contributed by atoms with Gasteiger partial charge in [0.05, 0.1) is 7.11 Å². The van der Waals surface area contributed by atoms with E-state index in [9.17, 15) is 9.90 Å². The van der Waals surface area contributed by atoms with Crippen LogP contribution in [0.15, 0.2) is 48.5 Å². The number of rotatable bonds is 3. The van der Waals surface area contributed by atoms with Crippen molar-refractivity contribution in [3.63, 3.8) is 0 Å². The van der Waals surface area contributed by atoms with Crippen molar-refractivity contribution in [2.45, 2.75) is 0 Å². The van der Waals surface area contributed by atoms with Crippen LogP contribution in [-0.2, 0) is 0 Å².